The summed E-state index contributed by atoms with van der Waals surface area (Å²) in [6.45, 7) is 13.2. The van der Waals surface area contributed by atoms with Gasteiger partial charge in [0, 0.05) is 0 Å². The normalized spacial score (nSPS) is 22.3. The van der Waals surface area contributed by atoms with Crippen molar-refractivity contribution in [2.75, 3.05) is 6.61 Å². The number of rotatable bonds is 3. The Morgan fingerprint density at radius 1 is 1.17 bits per heavy atom. The van der Waals surface area contributed by atoms with Crippen LogP contribution in [0.3, 0.4) is 0 Å². The number of amides is 1. The molecule has 2 rings (SSSR count). The lowest BCUT2D eigenvalue weighted by molar-refractivity contribution is -0.142. The van der Waals surface area contributed by atoms with E-state index in [1.54, 1.807) is 4.57 Å². The highest BCUT2D eigenvalue weighted by Gasteiger charge is 2.45. The number of nitrogens with zero attached hydrogens (tertiary/aromatic N) is 1. The van der Waals surface area contributed by atoms with Gasteiger partial charge in [-0.1, -0.05) is 59.7 Å². The monoisotopic (exact) mass is 332 g/mol. The quantitative estimate of drug-likeness (QED) is 0.642. The average molecular weight is 333 g/mol. The van der Waals surface area contributed by atoms with Crippen molar-refractivity contribution in [2.45, 2.75) is 64.5 Å². The number of aliphatic hydroxyl groups excluding tert-OH is 1. The Morgan fingerprint density at radius 2 is 1.78 bits per heavy atom. The summed E-state index contributed by atoms with van der Waals surface area (Å²) >= 11 is 0. The fourth-order valence-electron chi connectivity index (χ4n) is 3.11. The summed E-state index contributed by atoms with van der Waals surface area (Å²) in [5, 5.41) is 10.6. The van der Waals surface area contributed by atoms with Crippen molar-refractivity contribution >= 4 is 20.8 Å². The second kappa shape index (κ2) is 6.04. The van der Waals surface area contributed by atoms with Gasteiger partial charge >= 0.3 is 0 Å². The Morgan fingerprint density at radius 3 is 2.26 bits per heavy atom. The molecule has 1 aliphatic heterocycles. The van der Waals surface area contributed by atoms with Crippen molar-refractivity contribution in [1.82, 2.24) is 4.57 Å². The summed E-state index contributed by atoms with van der Waals surface area (Å²) in [5.74, 6) is -0.0663. The molecule has 1 amide bonds. The fraction of sp³-hybridized carbons (Fsp3) is 0.611. The van der Waals surface area contributed by atoms with Crippen LogP contribution in [-0.4, -0.2) is 44.0 Å². The van der Waals surface area contributed by atoms with Crippen molar-refractivity contribution in [2.24, 2.45) is 5.73 Å². The molecule has 0 aliphatic carbocycles. The lowest BCUT2D eigenvalue weighted by Crippen LogP contribution is -2.72. The molecule has 0 aromatic heterocycles. The van der Waals surface area contributed by atoms with Crippen LogP contribution in [0, 0.1) is 0 Å². The first-order valence-corrected chi connectivity index (χ1v) is 9.03. The topological polar surface area (TPSA) is 66.6 Å². The molecule has 3 N–H and O–H groups in total. The van der Waals surface area contributed by atoms with E-state index in [4.69, 9.17) is 5.73 Å². The zero-order chi connectivity index (χ0) is 17.6. The zero-order valence-corrected chi connectivity index (χ0v) is 16.0. The molecular formula is C18H28N2O2Si. The minimum Gasteiger partial charge on any atom is -0.394 e. The minimum atomic E-state index is -0.559. The first-order chi connectivity index (χ1) is 10.5. The predicted octanol–water partition coefficient (Wildman–Crippen LogP) is 1.06. The second-order valence-corrected chi connectivity index (χ2v) is 9.57. The van der Waals surface area contributed by atoms with Gasteiger partial charge in [-0.2, -0.15) is 0 Å². The molecule has 1 aromatic rings. The van der Waals surface area contributed by atoms with E-state index in [2.05, 4.69) is 59.7 Å². The molecule has 1 saturated heterocycles. The van der Waals surface area contributed by atoms with Gasteiger partial charge in [0.05, 0.1) is 12.6 Å². The van der Waals surface area contributed by atoms with Crippen molar-refractivity contribution < 1.29 is 9.90 Å². The maximum absolute atomic E-state index is 12.1. The highest BCUT2D eigenvalue weighted by atomic mass is 28.2. The van der Waals surface area contributed by atoms with Crippen LogP contribution in [0.25, 0.3) is 0 Å². The maximum Gasteiger partial charge on any atom is 0.234 e. The summed E-state index contributed by atoms with van der Waals surface area (Å²) < 4.78 is 1.72. The van der Waals surface area contributed by atoms with Crippen LogP contribution in [0.1, 0.15) is 52.7 Å². The van der Waals surface area contributed by atoms with E-state index in [-0.39, 0.29) is 39.1 Å². The molecule has 2 radical (unpaired) electrons. The summed E-state index contributed by atoms with van der Waals surface area (Å²) in [4.78, 5) is 12.1. The van der Waals surface area contributed by atoms with E-state index >= 15 is 0 Å². The Balaban J connectivity index is 2.46. The third kappa shape index (κ3) is 3.37. The maximum atomic E-state index is 12.1. The number of carbonyl (C=O) groups is 1. The first-order valence-electron chi connectivity index (χ1n) is 8.08. The SMILES string of the molecule is CC(C)(C)c1cccc([Si]N2C(=O)C(N)C2CO)c1C(C)(C)C. The Bertz CT molecular complexity index is 602. The smallest absolute Gasteiger partial charge is 0.234 e. The second-order valence-electron chi connectivity index (χ2n) is 8.32. The van der Waals surface area contributed by atoms with E-state index < -0.39 is 6.04 Å². The van der Waals surface area contributed by atoms with Gasteiger partial charge in [-0.25, -0.2) is 0 Å². The molecule has 0 saturated carbocycles. The molecule has 1 aromatic carbocycles. The molecule has 126 valence electrons. The molecule has 2 atom stereocenters. The van der Waals surface area contributed by atoms with Crippen LogP contribution in [0.15, 0.2) is 18.2 Å². The van der Waals surface area contributed by atoms with Crippen molar-refractivity contribution in [3.63, 3.8) is 0 Å². The van der Waals surface area contributed by atoms with Gasteiger partial charge in [-0.3, -0.25) is 4.79 Å². The average Bonchev–Trinajstić information content (AvgIpc) is 2.44. The lowest BCUT2D eigenvalue weighted by Gasteiger charge is -2.45. The molecular weight excluding hydrogens is 304 g/mol. The Hall–Kier alpha value is -1.17. The molecule has 1 aliphatic rings. The van der Waals surface area contributed by atoms with Crippen LogP contribution in [0.4, 0.5) is 0 Å². The highest BCUT2D eigenvalue weighted by Crippen LogP contribution is 2.32. The standard InChI is InChI=1S/C18H28N2O2Si/c1-17(2,3)11-8-7-9-13(14(11)18(4,5)6)23-20-12(10-21)15(19)16(20)22/h7-9,12,15,21H,10,19H2,1-6H3. The molecule has 1 heterocycles. The predicted molar refractivity (Wildman–Crippen MR) is 94.9 cm³/mol. The molecule has 4 nitrogen and oxygen atoms in total. The highest BCUT2D eigenvalue weighted by molar-refractivity contribution is 6.55. The Labute approximate surface area is 142 Å². The fourth-order valence-corrected chi connectivity index (χ4v) is 4.83. The molecule has 5 heteroatoms. The number of benzene rings is 1. The van der Waals surface area contributed by atoms with Crippen LogP contribution < -0.4 is 10.9 Å². The minimum absolute atomic E-state index is 0.0169. The third-order valence-electron chi connectivity index (χ3n) is 4.32. The zero-order valence-electron chi connectivity index (χ0n) is 15.0. The number of aliphatic hydroxyl groups is 1. The summed E-state index contributed by atoms with van der Waals surface area (Å²) in [6, 6.07) is 5.53. The van der Waals surface area contributed by atoms with Crippen LogP contribution >= 0.6 is 0 Å². The van der Waals surface area contributed by atoms with Crippen LogP contribution in [0.2, 0.25) is 0 Å². The Kier molecular flexibility index (Phi) is 4.77. The van der Waals surface area contributed by atoms with E-state index in [0.29, 0.717) is 0 Å². The van der Waals surface area contributed by atoms with Crippen molar-refractivity contribution in [1.29, 1.82) is 0 Å². The summed E-state index contributed by atoms with van der Waals surface area (Å²) in [5.41, 5.74) is 8.43. The third-order valence-corrected chi connectivity index (χ3v) is 5.77. The van der Waals surface area contributed by atoms with E-state index in [0.717, 1.165) is 0 Å². The summed E-state index contributed by atoms with van der Waals surface area (Å²) in [7, 11) is 0.210. The number of nitrogens with two attached hydrogens (primary N) is 1. The molecule has 23 heavy (non-hydrogen) atoms. The number of hydrogen-bond donors (Lipinski definition) is 2. The van der Waals surface area contributed by atoms with Gasteiger partial charge in [0.1, 0.15) is 6.04 Å². The van der Waals surface area contributed by atoms with Crippen LogP contribution in [0.5, 0.6) is 0 Å². The van der Waals surface area contributed by atoms with E-state index in [9.17, 15) is 9.90 Å². The molecule has 0 spiro atoms. The van der Waals surface area contributed by atoms with Crippen molar-refractivity contribution in [3.05, 3.63) is 29.3 Å². The van der Waals surface area contributed by atoms with Gasteiger partial charge in [-0.05, 0) is 27.1 Å². The molecule has 1 fully saturated rings. The van der Waals surface area contributed by atoms with E-state index in [1.165, 1.54) is 16.3 Å². The van der Waals surface area contributed by atoms with Gasteiger partial charge in [0.15, 0.2) is 0 Å². The number of hydrogen-bond acceptors (Lipinski definition) is 3. The molecule has 0 bridgehead atoms. The van der Waals surface area contributed by atoms with Gasteiger partial charge in [-0.15, -0.1) is 0 Å². The first kappa shape index (κ1) is 18.2. The van der Waals surface area contributed by atoms with Gasteiger partial charge in [0.25, 0.3) is 0 Å². The largest absolute Gasteiger partial charge is 0.394 e. The lowest BCUT2D eigenvalue weighted by atomic mass is 9.75. The molecule has 2 unspecified atom stereocenters. The number of carbonyl (C=O) groups excluding carboxylic acids is 1. The van der Waals surface area contributed by atoms with Gasteiger partial charge in [0.2, 0.25) is 15.6 Å². The van der Waals surface area contributed by atoms with E-state index in [1.807, 2.05) is 0 Å². The summed E-state index contributed by atoms with van der Waals surface area (Å²) in [6.07, 6.45) is 0. The van der Waals surface area contributed by atoms with Gasteiger partial charge < -0.3 is 15.4 Å². The van der Waals surface area contributed by atoms with Crippen LogP contribution in [-0.2, 0) is 15.6 Å². The number of β-lactam (4-membered cyclic amide) rings is 1. The van der Waals surface area contributed by atoms with Crippen molar-refractivity contribution in [3.8, 4) is 0 Å².